The van der Waals surface area contributed by atoms with Gasteiger partial charge in [-0.3, -0.25) is 4.68 Å². The Kier molecular flexibility index (Phi) is 4.04. The summed E-state index contributed by atoms with van der Waals surface area (Å²) in [5.74, 6) is 0. The second-order valence-electron chi connectivity index (χ2n) is 6.16. The highest BCUT2D eigenvalue weighted by atomic mass is 16.2. The molecule has 0 fully saturated rings. The van der Waals surface area contributed by atoms with Crippen LogP contribution in [0.5, 0.6) is 0 Å². The van der Waals surface area contributed by atoms with Crippen LogP contribution in [0.1, 0.15) is 48.0 Å². The Morgan fingerprint density at radius 3 is 2.39 bits per heavy atom. The molecule has 1 rings (SSSR count). The molecular weight excluding hydrogens is 228 g/mol. The molecule has 0 radical (unpaired) electrons. The van der Waals surface area contributed by atoms with Gasteiger partial charge < -0.3 is 10.6 Å². The lowest BCUT2D eigenvalue weighted by molar-refractivity contribution is 0.240. The molecule has 5 heteroatoms. The third-order valence-corrected chi connectivity index (χ3v) is 2.86. The number of rotatable bonds is 3. The van der Waals surface area contributed by atoms with Gasteiger partial charge in [-0.25, -0.2) is 4.79 Å². The number of hydrogen-bond donors (Lipinski definition) is 2. The number of nitrogens with zero attached hydrogens (tertiary/aromatic N) is 2. The molecule has 0 saturated carbocycles. The number of carbonyl (C=O) groups excluding carboxylic acids is 1. The van der Waals surface area contributed by atoms with Gasteiger partial charge in [-0.05, 0) is 41.0 Å². The Hall–Kier alpha value is -1.52. The van der Waals surface area contributed by atoms with Crippen molar-refractivity contribution in [1.29, 1.82) is 0 Å². The summed E-state index contributed by atoms with van der Waals surface area (Å²) in [7, 11) is 0. The van der Waals surface area contributed by atoms with Crippen LogP contribution in [-0.4, -0.2) is 21.4 Å². The molecule has 0 aliphatic heterocycles. The van der Waals surface area contributed by atoms with Crippen molar-refractivity contribution in [2.75, 3.05) is 5.32 Å². The van der Waals surface area contributed by atoms with E-state index in [4.69, 9.17) is 0 Å². The van der Waals surface area contributed by atoms with E-state index in [2.05, 4.69) is 36.5 Å². The number of carbonyl (C=O) groups is 1. The van der Waals surface area contributed by atoms with Gasteiger partial charge in [0.05, 0.1) is 17.4 Å². The van der Waals surface area contributed by atoms with Gasteiger partial charge >= 0.3 is 6.03 Å². The second-order valence-corrected chi connectivity index (χ2v) is 6.16. The summed E-state index contributed by atoms with van der Waals surface area (Å²) >= 11 is 0. The molecule has 2 amide bonds. The van der Waals surface area contributed by atoms with Gasteiger partial charge in [0.15, 0.2) is 0 Å². The molecule has 2 N–H and O–H groups in total. The Labute approximate surface area is 109 Å². The van der Waals surface area contributed by atoms with Crippen LogP contribution < -0.4 is 10.6 Å². The van der Waals surface area contributed by atoms with Gasteiger partial charge in [0.1, 0.15) is 0 Å². The molecule has 0 bridgehead atoms. The zero-order valence-electron chi connectivity index (χ0n) is 12.2. The first kappa shape index (κ1) is 14.5. The van der Waals surface area contributed by atoms with E-state index in [1.807, 2.05) is 31.6 Å². The minimum absolute atomic E-state index is 0.0842. The van der Waals surface area contributed by atoms with Crippen molar-refractivity contribution in [3.8, 4) is 0 Å². The van der Waals surface area contributed by atoms with Crippen LogP contribution in [-0.2, 0) is 5.54 Å². The molecule has 102 valence electrons. The smallest absolute Gasteiger partial charge is 0.319 e. The second kappa shape index (κ2) is 5.00. The average molecular weight is 252 g/mol. The van der Waals surface area contributed by atoms with Crippen LogP contribution in [0.4, 0.5) is 10.5 Å². The fourth-order valence-corrected chi connectivity index (χ4v) is 1.31. The topological polar surface area (TPSA) is 59.0 Å². The molecule has 0 saturated heterocycles. The highest BCUT2D eigenvalue weighted by molar-refractivity contribution is 5.89. The van der Waals surface area contributed by atoms with Crippen molar-refractivity contribution in [1.82, 2.24) is 15.1 Å². The lowest BCUT2D eigenvalue weighted by atomic mass is 10.0. The lowest BCUT2D eigenvalue weighted by Crippen LogP contribution is -2.44. The maximum absolute atomic E-state index is 11.8. The molecule has 1 aromatic rings. The first-order valence-corrected chi connectivity index (χ1v) is 6.28. The summed E-state index contributed by atoms with van der Waals surface area (Å²) in [4.78, 5) is 11.8. The summed E-state index contributed by atoms with van der Waals surface area (Å²) in [6.45, 7) is 12.2. The molecule has 1 aromatic heterocycles. The first-order valence-electron chi connectivity index (χ1n) is 6.28. The van der Waals surface area contributed by atoms with Gasteiger partial charge in [-0.1, -0.05) is 6.92 Å². The zero-order chi connectivity index (χ0) is 14.0. The highest BCUT2D eigenvalue weighted by Gasteiger charge is 2.19. The van der Waals surface area contributed by atoms with Crippen LogP contribution in [0, 0.1) is 0 Å². The van der Waals surface area contributed by atoms with E-state index in [9.17, 15) is 4.79 Å². The van der Waals surface area contributed by atoms with Gasteiger partial charge in [0.25, 0.3) is 0 Å². The van der Waals surface area contributed by atoms with Gasteiger partial charge in [0.2, 0.25) is 0 Å². The van der Waals surface area contributed by atoms with Crippen molar-refractivity contribution < 1.29 is 4.79 Å². The Balaban J connectivity index is 2.64. The van der Waals surface area contributed by atoms with Crippen LogP contribution in [0.15, 0.2) is 12.4 Å². The average Bonchev–Trinajstić information content (AvgIpc) is 2.64. The van der Waals surface area contributed by atoms with E-state index in [1.54, 1.807) is 6.20 Å². The first-order chi connectivity index (χ1) is 8.14. The van der Waals surface area contributed by atoms with Crippen LogP contribution >= 0.6 is 0 Å². The minimum atomic E-state index is -0.204. The maximum Gasteiger partial charge on any atom is 0.319 e. The summed E-state index contributed by atoms with van der Waals surface area (Å²) in [6.07, 6.45) is 4.37. The summed E-state index contributed by atoms with van der Waals surface area (Å²) in [5, 5.41) is 9.94. The normalized spacial score (nSPS) is 12.3. The molecule has 0 aliphatic rings. The number of anilines is 1. The van der Waals surface area contributed by atoms with E-state index >= 15 is 0 Å². The minimum Gasteiger partial charge on any atom is -0.333 e. The summed E-state index contributed by atoms with van der Waals surface area (Å²) in [5.41, 5.74) is 0.415. The fraction of sp³-hybridized carbons (Fsp3) is 0.692. The van der Waals surface area contributed by atoms with E-state index < -0.39 is 0 Å². The highest BCUT2D eigenvalue weighted by Crippen LogP contribution is 2.16. The number of aromatic nitrogens is 2. The quantitative estimate of drug-likeness (QED) is 0.869. The van der Waals surface area contributed by atoms with Crippen molar-refractivity contribution in [2.45, 2.75) is 59.0 Å². The molecule has 0 unspecified atom stereocenters. The number of urea groups is 1. The number of nitrogens with one attached hydrogen (secondary N) is 2. The van der Waals surface area contributed by atoms with Gasteiger partial charge in [-0.2, -0.15) is 5.10 Å². The monoisotopic (exact) mass is 252 g/mol. The molecule has 1 heterocycles. The molecule has 0 spiro atoms. The van der Waals surface area contributed by atoms with Crippen molar-refractivity contribution in [3.05, 3.63) is 12.4 Å². The largest absolute Gasteiger partial charge is 0.333 e. The van der Waals surface area contributed by atoms with Crippen molar-refractivity contribution in [2.24, 2.45) is 0 Å². The summed E-state index contributed by atoms with van der Waals surface area (Å²) < 4.78 is 1.83. The molecular formula is C13H24N4O. The van der Waals surface area contributed by atoms with Crippen molar-refractivity contribution >= 4 is 11.7 Å². The van der Waals surface area contributed by atoms with Crippen LogP contribution in [0.3, 0.4) is 0 Å². The lowest BCUT2D eigenvalue weighted by Gasteiger charge is -2.24. The van der Waals surface area contributed by atoms with Crippen molar-refractivity contribution in [3.63, 3.8) is 0 Å². The maximum atomic E-state index is 11.8. The molecule has 0 aliphatic carbocycles. The number of amides is 2. The fourth-order valence-electron chi connectivity index (χ4n) is 1.31. The third kappa shape index (κ3) is 4.05. The van der Waals surface area contributed by atoms with E-state index in [1.165, 1.54) is 0 Å². The van der Waals surface area contributed by atoms with E-state index in [-0.39, 0.29) is 17.1 Å². The predicted octanol–water partition coefficient (Wildman–Crippen LogP) is 2.95. The van der Waals surface area contributed by atoms with Gasteiger partial charge in [-0.15, -0.1) is 0 Å². The number of hydrogen-bond acceptors (Lipinski definition) is 2. The predicted molar refractivity (Wildman–Crippen MR) is 73.7 cm³/mol. The molecule has 0 aromatic carbocycles. The Bertz CT molecular complexity index is 415. The third-order valence-electron chi connectivity index (χ3n) is 2.86. The zero-order valence-corrected chi connectivity index (χ0v) is 12.2. The summed E-state index contributed by atoms with van der Waals surface area (Å²) in [6, 6.07) is -0.199. The Morgan fingerprint density at radius 2 is 1.94 bits per heavy atom. The SMILES string of the molecule is CCC(C)(C)NC(=O)Nc1cnn(C(C)(C)C)c1. The van der Waals surface area contributed by atoms with E-state index in [0.717, 1.165) is 6.42 Å². The Morgan fingerprint density at radius 1 is 1.33 bits per heavy atom. The molecule has 0 atom stereocenters. The standard InChI is InChI=1S/C13H24N4O/c1-7-13(5,6)16-11(18)15-10-8-14-17(9-10)12(2,3)4/h8-9H,7H2,1-6H3,(H2,15,16,18). The van der Waals surface area contributed by atoms with Crippen LogP contribution in [0.2, 0.25) is 0 Å². The van der Waals surface area contributed by atoms with E-state index in [0.29, 0.717) is 5.69 Å². The molecule has 18 heavy (non-hydrogen) atoms. The molecule has 5 nitrogen and oxygen atoms in total. The van der Waals surface area contributed by atoms with Crippen LogP contribution in [0.25, 0.3) is 0 Å². The van der Waals surface area contributed by atoms with Gasteiger partial charge in [0, 0.05) is 11.7 Å².